The van der Waals surface area contributed by atoms with Gasteiger partial charge in [-0.15, -0.1) is 0 Å². The average molecular weight is 234 g/mol. The van der Waals surface area contributed by atoms with Gasteiger partial charge in [0.25, 0.3) is 0 Å². The predicted molar refractivity (Wildman–Crippen MR) is 72.7 cm³/mol. The fourth-order valence-corrected chi connectivity index (χ4v) is 2.68. The van der Waals surface area contributed by atoms with Gasteiger partial charge in [0.05, 0.1) is 18.5 Å². The number of nitrogen functional groups attached to an aromatic ring is 1. The molecule has 3 heteroatoms. The third kappa shape index (κ3) is 2.48. The number of benzene rings is 1. The summed E-state index contributed by atoms with van der Waals surface area (Å²) in [5.41, 5.74) is 7.98. The molecule has 0 radical (unpaired) electrons. The van der Waals surface area contributed by atoms with Crippen LogP contribution in [0.1, 0.15) is 32.1 Å². The van der Waals surface area contributed by atoms with Crippen molar-refractivity contribution in [3.63, 3.8) is 0 Å². The number of methoxy groups -OCH3 is 1. The van der Waals surface area contributed by atoms with Crippen molar-refractivity contribution in [2.24, 2.45) is 0 Å². The van der Waals surface area contributed by atoms with Crippen LogP contribution >= 0.6 is 0 Å². The van der Waals surface area contributed by atoms with Gasteiger partial charge in [-0.2, -0.15) is 0 Å². The molecule has 1 aromatic rings. The van der Waals surface area contributed by atoms with Crippen molar-refractivity contribution >= 4 is 11.4 Å². The molecule has 1 aliphatic carbocycles. The Kier molecular flexibility index (Phi) is 3.77. The van der Waals surface area contributed by atoms with Gasteiger partial charge >= 0.3 is 0 Å². The highest BCUT2D eigenvalue weighted by Crippen LogP contribution is 2.34. The van der Waals surface area contributed by atoms with Crippen LogP contribution in [0.5, 0.6) is 5.75 Å². The van der Waals surface area contributed by atoms with Crippen LogP contribution in [0.25, 0.3) is 0 Å². The Labute approximate surface area is 104 Å². The lowest BCUT2D eigenvalue weighted by molar-refractivity contribution is 0.414. The van der Waals surface area contributed by atoms with Crippen LogP contribution in [0.2, 0.25) is 0 Å². The summed E-state index contributed by atoms with van der Waals surface area (Å²) in [4.78, 5) is 2.32. The Hall–Kier alpha value is -1.38. The van der Waals surface area contributed by atoms with Crippen molar-refractivity contribution in [3.05, 3.63) is 18.2 Å². The number of hydrogen-bond donors (Lipinski definition) is 1. The largest absolute Gasteiger partial charge is 0.495 e. The lowest BCUT2D eigenvalue weighted by Crippen LogP contribution is -2.33. The first-order chi connectivity index (χ1) is 8.24. The monoisotopic (exact) mass is 234 g/mol. The maximum atomic E-state index is 6.13. The minimum Gasteiger partial charge on any atom is -0.495 e. The van der Waals surface area contributed by atoms with Gasteiger partial charge in [-0.05, 0) is 25.0 Å². The molecule has 17 heavy (non-hydrogen) atoms. The average Bonchev–Trinajstić information content (AvgIpc) is 2.39. The molecule has 94 valence electrons. The minimum atomic E-state index is 0.623. The van der Waals surface area contributed by atoms with Crippen LogP contribution in [-0.4, -0.2) is 20.2 Å². The quantitative estimate of drug-likeness (QED) is 0.817. The molecular weight excluding hydrogens is 212 g/mol. The zero-order valence-corrected chi connectivity index (χ0v) is 10.8. The van der Waals surface area contributed by atoms with Gasteiger partial charge in [0.2, 0.25) is 0 Å². The molecule has 1 saturated carbocycles. The number of rotatable bonds is 3. The van der Waals surface area contributed by atoms with E-state index < -0.39 is 0 Å². The van der Waals surface area contributed by atoms with Crippen molar-refractivity contribution in [1.82, 2.24) is 0 Å². The maximum absolute atomic E-state index is 6.13. The molecule has 0 aromatic heterocycles. The molecule has 2 N–H and O–H groups in total. The molecule has 0 heterocycles. The molecule has 0 saturated heterocycles. The van der Waals surface area contributed by atoms with E-state index >= 15 is 0 Å². The smallest absolute Gasteiger partial charge is 0.143 e. The molecule has 0 atom stereocenters. The Morgan fingerprint density at radius 3 is 2.59 bits per heavy atom. The van der Waals surface area contributed by atoms with Crippen LogP contribution in [0.3, 0.4) is 0 Å². The number of hydrogen-bond acceptors (Lipinski definition) is 3. The molecule has 0 unspecified atom stereocenters. The summed E-state index contributed by atoms with van der Waals surface area (Å²) >= 11 is 0. The third-order valence-electron chi connectivity index (χ3n) is 3.77. The molecule has 3 nitrogen and oxygen atoms in total. The lowest BCUT2D eigenvalue weighted by Gasteiger charge is -2.33. The molecule has 0 bridgehead atoms. The summed E-state index contributed by atoms with van der Waals surface area (Å²) in [5.74, 6) is 0.769. The maximum Gasteiger partial charge on any atom is 0.143 e. The first-order valence-electron chi connectivity index (χ1n) is 6.39. The normalized spacial score (nSPS) is 16.8. The molecule has 0 spiro atoms. The van der Waals surface area contributed by atoms with Crippen LogP contribution in [0.15, 0.2) is 18.2 Å². The minimum absolute atomic E-state index is 0.623. The van der Waals surface area contributed by atoms with E-state index in [1.54, 1.807) is 7.11 Å². The van der Waals surface area contributed by atoms with Crippen molar-refractivity contribution in [2.75, 3.05) is 24.8 Å². The van der Waals surface area contributed by atoms with Crippen LogP contribution in [0.4, 0.5) is 11.4 Å². The SMILES string of the molecule is COc1cccc(N(C)C2CCCCC2)c1N. The number of para-hydroxylation sites is 1. The van der Waals surface area contributed by atoms with E-state index in [-0.39, 0.29) is 0 Å². The van der Waals surface area contributed by atoms with Gasteiger partial charge in [0, 0.05) is 13.1 Å². The van der Waals surface area contributed by atoms with Gasteiger partial charge in [0.15, 0.2) is 0 Å². The fourth-order valence-electron chi connectivity index (χ4n) is 2.68. The van der Waals surface area contributed by atoms with E-state index in [1.807, 2.05) is 12.1 Å². The van der Waals surface area contributed by atoms with Crippen LogP contribution < -0.4 is 15.4 Å². The highest BCUT2D eigenvalue weighted by molar-refractivity contribution is 5.74. The van der Waals surface area contributed by atoms with Crippen LogP contribution in [0, 0.1) is 0 Å². The van der Waals surface area contributed by atoms with Gasteiger partial charge in [-0.3, -0.25) is 0 Å². The lowest BCUT2D eigenvalue weighted by atomic mass is 9.94. The zero-order valence-electron chi connectivity index (χ0n) is 10.8. The Morgan fingerprint density at radius 1 is 1.24 bits per heavy atom. The van der Waals surface area contributed by atoms with Crippen molar-refractivity contribution in [3.8, 4) is 5.75 Å². The van der Waals surface area contributed by atoms with Gasteiger partial charge in [-0.1, -0.05) is 25.3 Å². The molecule has 1 fully saturated rings. The third-order valence-corrected chi connectivity index (χ3v) is 3.77. The van der Waals surface area contributed by atoms with E-state index in [2.05, 4.69) is 18.0 Å². The first kappa shape index (κ1) is 12.1. The second-order valence-corrected chi connectivity index (χ2v) is 4.80. The fraction of sp³-hybridized carbons (Fsp3) is 0.571. The highest BCUT2D eigenvalue weighted by atomic mass is 16.5. The number of nitrogens with two attached hydrogens (primary N) is 1. The second kappa shape index (κ2) is 5.30. The molecule has 0 aliphatic heterocycles. The summed E-state index contributed by atoms with van der Waals surface area (Å²) in [6.45, 7) is 0. The Morgan fingerprint density at radius 2 is 1.94 bits per heavy atom. The summed E-state index contributed by atoms with van der Waals surface area (Å²) in [6.07, 6.45) is 6.58. The topological polar surface area (TPSA) is 38.5 Å². The van der Waals surface area contributed by atoms with E-state index in [1.165, 1.54) is 32.1 Å². The van der Waals surface area contributed by atoms with Gasteiger partial charge < -0.3 is 15.4 Å². The summed E-state index contributed by atoms with van der Waals surface area (Å²) in [6, 6.07) is 6.61. The van der Waals surface area contributed by atoms with Crippen LogP contribution in [-0.2, 0) is 0 Å². The second-order valence-electron chi connectivity index (χ2n) is 4.80. The predicted octanol–water partition coefficient (Wildman–Crippen LogP) is 3.05. The zero-order chi connectivity index (χ0) is 12.3. The molecule has 1 aromatic carbocycles. The molecule has 0 amide bonds. The van der Waals surface area contributed by atoms with Crippen molar-refractivity contribution in [1.29, 1.82) is 0 Å². The summed E-state index contributed by atoms with van der Waals surface area (Å²) in [7, 11) is 3.80. The van der Waals surface area contributed by atoms with Crippen molar-refractivity contribution < 1.29 is 4.74 Å². The van der Waals surface area contributed by atoms with E-state index in [4.69, 9.17) is 10.5 Å². The first-order valence-corrected chi connectivity index (χ1v) is 6.39. The van der Waals surface area contributed by atoms with E-state index in [0.717, 1.165) is 17.1 Å². The highest BCUT2D eigenvalue weighted by Gasteiger charge is 2.20. The standard InChI is InChI=1S/C14H22N2O/c1-16(11-7-4-3-5-8-11)12-9-6-10-13(17-2)14(12)15/h6,9-11H,3-5,7-8,15H2,1-2H3. The Bertz CT molecular complexity index is 372. The van der Waals surface area contributed by atoms with E-state index in [9.17, 15) is 0 Å². The van der Waals surface area contributed by atoms with Crippen molar-refractivity contribution in [2.45, 2.75) is 38.1 Å². The molecular formula is C14H22N2O. The molecule has 2 rings (SSSR count). The van der Waals surface area contributed by atoms with E-state index in [0.29, 0.717) is 6.04 Å². The summed E-state index contributed by atoms with van der Waals surface area (Å²) < 4.78 is 5.27. The number of anilines is 2. The van der Waals surface area contributed by atoms with Gasteiger partial charge in [-0.25, -0.2) is 0 Å². The Balaban J connectivity index is 2.20. The summed E-state index contributed by atoms with van der Waals surface area (Å²) in [5, 5.41) is 0. The number of nitrogens with zero attached hydrogens (tertiary/aromatic N) is 1. The molecule has 1 aliphatic rings. The number of ether oxygens (including phenoxy) is 1. The van der Waals surface area contributed by atoms with Gasteiger partial charge in [0.1, 0.15) is 5.75 Å².